The lowest BCUT2D eigenvalue weighted by Crippen LogP contribution is -2.29. The summed E-state index contributed by atoms with van der Waals surface area (Å²) in [5.74, 6) is 1.48. The van der Waals surface area contributed by atoms with Gasteiger partial charge in [-0.1, -0.05) is 41.4 Å². The van der Waals surface area contributed by atoms with Gasteiger partial charge in [0.15, 0.2) is 5.11 Å². The SMILES string of the molecule is Cc1cccc(N2C(=S)N[C@@H](c3ccccn3)[C@H]2c2ccc(-c3ccc(Cl)c(Cl)c3)o2)c1. The molecule has 2 aromatic carbocycles. The van der Waals surface area contributed by atoms with Crippen molar-refractivity contribution >= 4 is 46.2 Å². The van der Waals surface area contributed by atoms with Gasteiger partial charge in [-0.3, -0.25) is 4.98 Å². The van der Waals surface area contributed by atoms with Gasteiger partial charge in [-0.2, -0.15) is 0 Å². The Bertz CT molecular complexity index is 1290. The van der Waals surface area contributed by atoms with Crippen molar-refractivity contribution in [3.63, 3.8) is 0 Å². The molecule has 0 bridgehead atoms. The van der Waals surface area contributed by atoms with Gasteiger partial charge in [-0.25, -0.2) is 0 Å². The van der Waals surface area contributed by atoms with Gasteiger partial charge < -0.3 is 14.6 Å². The molecule has 0 spiro atoms. The molecule has 0 radical (unpaired) electrons. The fourth-order valence-electron chi connectivity index (χ4n) is 4.02. The van der Waals surface area contributed by atoms with Crippen molar-refractivity contribution in [3.05, 3.63) is 106 Å². The van der Waals surface area contributed by atoms with Gasteiger partial charge in [0.1, 0.15) is 17.6 Å². The van der Waals surface area contributed by atoms with Crippen molar-refractivity contribution in [2.45, 2.75) is 19.0 Å². The molecule has 1 aliphatic heterocycles. The third-order valence-corrected chi connectivity index (χ3v) is 6.55. The summed E-state index contributed by atoms with van der Waals surface area (Å²) < 4.78 is 6.36. The summed E-state index contributed by atoms with van der Waals surface area (Å²) in [5.41, 5.74) is 3.90. The Kier molecular flexibility index (Phi) is 5.64. The number of furan rings is 1. The second kappa shape index (κ2) is 8.58. The lowest BCUT2D eigenvalue weighted by molar-refractivity contribution is 0.439. The normalized spacial score (nSPS) is 18.1. The first-order valence-electron chi connectivity index (χ1n) is 10.1. The molecular formula is C25H19Cl2N3OS. The van der Waals surface area contributed by atoms with E-state index in [1.165, 1.54) is 0 Å². The number of hydrogen-bond acceptors (Lipinski definition) is 3. The van der Waals surface area contributed by atoms with E-state index in [-0.39, 0.29) is 12.1 Å². The Labute approximate surface area is 201 Å². The molecule has 0 aliphatic carbocycles. The predicted molar refractivity (Wildman–Crippen MR) is 133 cm³/mol. The number of nitrogens with one attached hydrogen (secondary N) is 1. The van der Waals surface area contributed by atoms with Crippen LogP contribution in [0.15, 0.2) is 83.4 Å². The van der Waals surface area contributed by atoms with Gasteiger partial charge in [0.05, 0.1) is 21.8 Å². The topological polar surface area (TPSA) is 41.3 Å². The summed E-state index contributed by atoms with van der Waals surface area (Å²) in [6.45, 7) is 2.07. The molecule has 4 nitrogen and oxygen atoms in total. The fraction of sp³-hybridized carbons (Fsp3) is 0.120. The number of benzene rings is 2. The van der Waals surface area contributed by atoms with Crippen LogP contribution in [-0.2, 0) is 0 Å². The zero-order valence-electron chi connectivity index (χ0n) is 17.1. The van der Waals surface area contributed by atoms with Gasteiger partial charge in [-0.05, 0) is 79.3 Å². The lowest BCUT2D eigenvalue weighted by Gasteiger charge is -2.26. The van der Waals surface area contributed by atoms with E-state index in [4.69, 9.17) is 39.8 Å². The van der Waals surface area contributed by atoms with Crippen molar-refractivity contribution in [2.24, 2.45) is 0 Å². The molecule has 1 fully saturated rings. The molecule has 0 unspecified atom stereocenters. The Morgan fingerprint density at radius 1 is 0.969 bits per heavy atom. The van der Waals surface area contributed by atoms with E-state index < -0.39 is 0 Å². The van der Waals surface area contributed by atoms with E-state index in [1.54, 1.807) is 18.3 Å². The zero-order valence-corrected chi connectivity index (χ0v) is 19.5. The molecule has 5 rings (SSSR count). The van der Waals surface area contributed by atoms with E-state index in [9.17, 15) is 0 Å². The highest BCUT2D eigenvalue weighted by atomic mass is 35.5. The number of halogens is 2. The van der Waals surface area contributed by atoms with Crippen LogP contribution in [-0.4, -0.2) is 10.1 Å². The largest absolute Gasteiger partial charge is 0.459 e. The summed E-state index contributed by atoms with van der Waals surface area (Å²) in [6, 6.07) is 23.1. The molecule has 4 aromatic rings. The van der Waals surface area contributed by atoms with Gasteiger partial charge in [-0.15, -0.1) is 0 Å². The number of rotatable bonds is 4. The minimum absolute atomic E-state index is 0.169. The molecule has 160 valence electrons. The van der Waals surface area contributed by atoms with Gasteiger partial charge in [0.2, 0.25) is 0 Å². The highest BCUT2D eigenvalue weighted by molar-refractivity contribution is 7.80. The third-order valence-electron chi connectivity index (χ3n) is 5.50. The molecule has 0 amide bonds. The minimum atomic E-state index is -0.212. The first-order chi connectivity index (χ1) is 15.5. The summed E-state index contributed by atoms with van der Waals surface area (Å²) in [5, 5.41) is 5.07. The maximum absolute atomic E-state index is 6.36. The quantitative estimate of drug-likeness (QED) is 0.315. The van der Waals surface area contributed by atoms with Crippen LogP contribution in [0.4, 0.5) is 5.69 Å². The van der Waals surface area contributed by atoms with E-state index in [0.717, 1.165) is 28.3 Å². The van der Waals surface area contributed by atoms with Crippen LogP contribution in [0.25, 0.3) is 11.3 Å². The smallest absolute Gasteiger partial charge is 0.174 e. The van der Waals surface area contributed by atoms with Gasteiger partial charge in [0, 0.05) is 17.4 Å². The van der Waals surface area contributed by atoms with Crippen molar-refractivity contribution in [3.8, 4) is 11.3 Å². The van der Waals surface area contributed by atoms with Gasteiger partial charge >= 0.3 is 0 Å². The Balaban J connectivity index is 1.60. The minimum Gasteiger partial charge on any atom is -0.459 e. The molecule has 1 saturated heterocycles. The molecule has 7 heteroatoms. The maximum Gasteiger partial charge on any atom is 0.174 e. The first kappa shape index (κ1) is 21.0. The number of aromatic nitrogens is 1. The van der Waals surface area contributed by atoms with E-state index in [2.05, 4.69) is 40.3 Å². The maximum atomic E-state index is 6.36. The van der Waals surface area contributed by atoms with Crippen LogP contribution in [0.2, 0.25) is 10.0 Å². The van der Waals surface area contributed by atoms with Crippen LogP contribution >= 0.6 is 35.4 Å². The van der Waals surface area contributed by atoms with Crippen molar-refractivity contribution in [1.82, 2.24) is 10.3 Å². The average Bonchev–Trinajstić information content (AvgIpc) is 3.41. The summed E-state index contributed by atoms with van der Waals surface area (Å²) >= 11 is 18.1. The molecule has 32 heavy (non-hydrogen) atoms. The van der Waals surface area contributed by atoms with Crippen molar-refractivity contribution in [2.75, 3.05) is 4.90 Å². The monoisotopic (exact) mass is 479 g/mol. The van der Waals surface area contributed by atoms with Crippen LogP contribution in [0, 0.1) is 6.92 Å². The van der Waals surface area contributed by atoms with E-state index in [0.29, 0.717) is 20.9 Å². The van der Waals surface area contributed by atoms with E-state index >= 15 is 0 Å². The highest BCUT2D eigenvalue weighted by Gasteiger charge is 2.42. The number of anilines is 1. The highest BCUT2D eigenvalue weighted by Crippen LogP contribution is 2.43. The molecule has 2 atom stereocenters. The second-order valence-corrected chi connectivity index (χ2v) is 8.87. The molecule has 3 heterocycles. The molecule has 0 saturated carbocycles. The number of thiocarbonyl (C=S) groups is 1. The lowest BCUT2D eigenvalue weighted by atomic mass is 10.0. The summed E-state index contributed by atoms with van der Waals surface area (Å²) in [4.78, 5) is 6.68. The van der Waals surface area contributed by atoms with E-state index in [1.807, 2.05) is 42.5 Å². The first-order valence-corrected chi connectivity index (χ1v) is 11.3. The standard InChI is InChI=1S/C25H19Cl2N3OS/c1-15-5-4-6-17(13-15)30-24(23(29-25(30)32)20-7-2-3-12-28-20)22-11-10-21(31-22)16-8-9-18(26)19(27)14-16/h2-14,23-24H,1H3,(H,29,32)/t23-,24+/m0/s1. The number of pyridine rings is 1. The molecule has 1 N–H and O–H groups in total. The number of nitrogens with zero attached hydrogens (tertiary/aromatic N) is 2. The Morgan fingerprint density at radius 2 is 1.84 bits per heavy atom. The second-order valence-electron chi connectivity index (χ2n) is 7.67. The third kappa shape index (κ3) is 3.88. The Hall–Kier alpha value is -2.86. The molecule has 1 aliphatic rings. The van der Waals surface area contributed by atoms with Crippen LogP contribution < -0.4 is 10.2 Å². The van der Waals surface area contributed by atoms with Gasteiger partial charge in [0.25, 0.3) is 0 Å². The van der Waals surface area contributed by atoms with Crippen molar-refractivity contribution < 1.29 is 4.42 Å². The number of hydrogen-bond donors (Lipinski definition) is 1. The van der Waals surface area contributed by atoms with Crippen molar-refractivity contribution in [1.29, 1.82) is 0 Å². The molecular weight excluding hydrogens is 461 g/mol. The fourth-order valence-corrected chi connectivity index (χ4v) is 4.66. The summed E-state index contributed by atoms with van der Waals surface area (Å²) in [6.07, 6.45) is 1.79. The Morgan fingerprint density at radius 3 is 2.59 bits per heavy atom. The molecule has 2 aromatic heterocycles. The summed E-state index contributed by atoms with van der Waals surface area (Å²) in [7, 11) is 0. The average molecular weight is 480 g/mol. The van der Waals surface area contributed by atoms with Crippen LogP contribution in [0.5, 0.6) is 0 Å². The van der Waals surface area contributed by atoms with Crippen LogP contribution in [0.1, 0.15) is 29.1 Å². The van der Waals surface area contributed by atoms with Crippen LogP contribution in [0.3, 0.4) is 0 Å². The zero-order chi connectivity index (χ0) is 22.2. The number of aryl methyl sites for hydroxylation is 1. The predicted octanol–water partition coefficient (Wildman–Crippen LogP) is 7.13.